The average molecular weight is 364 g/mol. The molecule has 2 aliphatic heterocycles. The number of nitriles is 1. The molecule has 0 radical (unpaired) electrons. The first-order chi connectivity index (χ1) is 13.2. The molecule has 4 rings (SSSR count). The Morgan fingerprint density at radius 1 is 1.33 bits per heavy atom. The molecule has 1 spiro atoms. The number of pyridine rings is 1. The number of hydrogen-bond acceptors (Lipinski definition) is 6. The van der Waals surface area contributed by atoms with Gasteiger partial charge in [0.1, 0.15) is 23.3 Å². The van der Waals surface area contributed by atoms with Crippen molar-refractivity contribution in [1.29, 1.82) is 5.26 Å². The van der Waals surface area contributed by atoms with E-state index in [1.54, 1.807) is 13.2 Å². The van der Waals surface area contributed by atoms with E-state index in [0.29, 0.717) is 12.3 Å². The number of aromatic nitrogens is 1. The van der Waals surface area contributed by atoms with Crippen LogP contribution in [0, 0.1) is 11.3 Å². The molecule has 3 heterocycles. The van der Waals surface area contributed by atoms with Gasteiger partial charge in [0.25, 0.3) is 0 Å². The number of nitrogens with zero attached hydrogens (tertiary/aromatic N) is 3. The predicted molar refractivity (Wildman–Crippen MR) is 103 cm³/mol. The Bertz CT molecular complexity index is 833. The van der Waals surface area contributed by atoms with Crippen molar-refractivity contribution in [3.63, 3.8) is 0 Å². The van der Waals surface area contributed by atoms with Crippen molar-refractivity contribution in [3.05, 3.63) is 53.7 Å². The Kier molecular flexibility index (Phi) is 4.97. The molecule has 2 atom stereocenters. The van der Waals surface area contributed by atoms with Crippen molar-refractivity contribution in [3.8, 4) is 11.8 Å². The van der Waals surface area contributed by atoms with Crippen LogP contribution in [0.15, 0.2) is 42.5 Å². The summed E-state index contributed by atoms with van der Waals surface area (Å²) in [4.78, 5) is 6.76. The Morgan fingerprint density at radius 2 is 2.19 bits per heavy atom. The lowest BCUT2D eigenvalue weighted by molar-refractivity contribution is 0.0120. The van der Waals surface area contributed by atoms with Crippen LogP contribution in [0.2, 0.25) is 0 Å². The Labute approximate surface area is 159 Å². The highest BCUT2D eigenvalue weighted by Gasteiger charge is 2.45. The number of likely N-dealkylation sites (tertiary alicyclic amines) is 1. The number of ether oxygens (including phenoxy) is 2. The van der Waals surface area contributed by atoms with Crippen molar-refractivity contribution in [2.45, 2.75) is 31.0 Å². The van der Waals surface area contributed by atoms with Gasteiger partial charge in [-0.3, -0.25) is 4.90 Å². The van der Waals surface area contributed by atoms with E-state index in [9.17, 15) is 0 Å². The number of methoxy groups -OCH3 is 1. The monoisotopic (exact) mass is 364 g/mol. The maximum atomic E-state index is 8.99. The van der Waals surface area contributed by atoms with E-state index >= 15 is 0 Å². The van der Waals surface area contributed by atoms with E-state index in [2.05, 4.69) is 33.4 Å². The van der Waals surface area contributed by atoms with Gasteiger partial charge in [-0.1, -0.05) is 18.2 Å². The normalized spacial score (nSPS) is 24.8. The zero-order chi connectivity index (χ0) is 18.7. The van der Waals surface area contributed by atoms with Gasteiger partial charge in [-0.15, -0.1) is 0 Å². The van der Waals surface area contributed by atoms with Crippen LogP contribution in [0.1, 0.15) is 24.1 Å². The van der Waals surface area contributed by atoms with E-state index in [-0.39, 0.29) is 11.6 Å². The number of anilines is 1. The molecule has 2 fully saturated rings. The summed E-state index contributed by atoms with van der Waals surface area (Å²) in [6.07, 6.45) is 2.01. The van der Waals surface area contributed by atoms with Crippen molar-refractivity contribution in [2.75, 3.05) is 32.1 Å². The lowest BCUT2D eigenvalue weighted by atomic mass is 9.97. The zero-order valence-corrected chi connectivity index (χ0v) is 15.5. The van der Waals surface area contributed by atoms with E-state index in [1.165, 1.54) is 5.56 Å². The maximum Gasteiger partial charge on any atom is 0.142 e. The van der Waals surface area contributed by atoms with Crippen LogP contribution in [0.3, 0.4) is 0 Å². The minimum atomic E-state index is -0.0724. The van der Waals surface area contributed by atoms with Crippen molar-refractivity contribution in [1.82, 2.24) is 9.88 Å². The topological polar surface area (TPSA) is 70.4 Å². The first-order valence-corrected chi connectivity index (χ1v) is 9.31. The van der Waals surface area contributed by atoms with E-state index in [4.69, 9.17) is 14.7 Å². The third-order valence-electron chi connectivity index (χ3n) is 5.39. The van der Waals surface area contributed by atoms with Gasteiger partial charge in [0.05, 0.1) is 25.4 Å². The van der Waals surface area contributed by atoms with Gasteiger partial charge in [-0.2, -0.15) is 5.26 Å². The first-order valence-electron chi connectivity index (χ1n) is 9.31. The molecule has 6 heteroatoms. The first kappa shape index (κ1) is 17.8. The molecule has 2 aromatic rings. The molecule has 1 N–H and O–H groups in total. The molecule has 0 unspecified atom stereocenters. The summed E-state index contributed by atoms with van der Waals surface area (Å²) in [5.41, 5.74) is 1.65. The van der Waals surface area contributed by atoms with E-state index < -0.39 is 0 Å². The van der Waals surface area contributed by atoms with Crippen LogP contribution in [-0.2, 0) is 11.3 Å². The third kappa shape index (κ3) is 4.05. The number of hydrogen-bond donors (Lipinski definition) is 1. The van der Waals surface area contributed by atoms with Crippen molar-refractivity contribution in [2.24, 2.45) is 0 Å². The highest BCUT2D eigenvalue weighted by molar-refractivity contribution is 5.39. The second-order valence-corrected chi connectivity index (χ2v) is 7.37. The number of benzene rings is 1. The van der Waals surface area contributed by atoms with Gasteiger partial charge in [0.2, 0.25) is 0 Å². The Morgan fingerprint density at radius 3 is 2.96 bits per heavy atom. The maximum absolute atomic E-state index is 8.99. The summed E-state index contributed by atoms with van der Waals surface area (Å²) in [6.45, 7) is 3.59. The highest BCUT2D eigenvalue weighted by Crippen LogP contribution is 2.36. The van der Waals surface area contributed by atoms with Crippen molar-refractivity contribution < 1.29 is 9.47 Å². The van der Waals surface area contributed by atoms with Crippen LogP contribution in [-0.4, -0.2) is 48.3 Å². The molecule has 1 aromatic heterocycles. The quantitative estimate of drug-likeness (QED) is 0.880. The zero-order valence-electron chi connectivity index (χ0n) is 15.5. The van der Waals surface area contributed by atoms with Gasteiger partial charge in [0.15, 0.2) is 0 Å². The largest absolute Gasteiger partial charge is 0.497 e. The third-order valence-corrected chi connectivity index (χ3v) is 5.39. The van der Waals surface area contributed by atoms with E-state index in [0.717, 1.165) is 44.0 Å². The lowest BCUT2D eigenvalue weighted by Crippen LogP contribution is -2.33. The summed E-state index contributed by atoms with van der Waals surface area (Å²) in [6, 6.07) is 16.0. The standard InChI is InChI=1S/C21H24N4O2/c1-26-19-7-5-16(6-8-19)13-25-10-9-21(15-25)11-18(14-27-21)24-20-4-2-3-17(12-22)23-20/h2-8,18H,9-11,13-15H2,1H3,(H,23,24)/t18-,21-/m0/s1. The van der Waals surface area contributed by atoms with E-state index in [1.807, 2.05) is 24.3 Å². The van der Waals surface area contributed by atoms with Crippen LogP contribution < -0.4 is 10.1 Å². The molecule has 0 amide bonds. The summed E-state index contributed by atoms with van der Waals surface area (Å²) in [7, 11) is 1.69. The van der Waals surface area contributed by atoms with Gasteiger partial charge in [0, 0.05) is 26.1 Å². The molecular formula is C21H24N4O2. The minimum absolute atomic E-state index is 0.0724. The molecular weight excluding hydrogens is 340 g/mol. The second kappa shape index (κ2) is 7.55. The molecule has 0 bridgehead atoms. The van der Waals surface area contributed by atoms with Crippen LogP contribution in [0.25, 0.3) is 0 Å². The molecule has 0 saturated carbocycles. The van der Waals surface area contributed by atoms with Gasteiger partial charge < -0.3 is 14.8 Å². The summed E-state index contributed by atoms with van der Waals surface area (Å²) < 4.78 is 11.5. The minimum Gasteiger partial charge on any atom is -0.497 e. The van der Waals surface area contributed by atoms with Crippen LogP contribution >= 0.6 is 0 Å². The second-order valence-electron chi connectivity index (χ2n) is 7.37. The summed E-state index contributed by atoms with van der Waals surface area (Å²) >= 11 is 0. The molecule has 2 aliphatic rings. The smallest absolute Gasteiger partial charge is 0.142 e. The fourth-order valence-corrected chi connectivity index (χ4v) is 4.06. The average Bonchev–Trinajstić information content (AvgIpc) is 3.28. The van der Waals surface area contributed by atoms with Crippen LogP contribution in [0.5, 0.6) is 5.75 Å². The van der Waals surface area contributed by atoms with Gasteiger partial charge >= 0.3 is 0 Å². The highest BCUT2D eigenvalue weighted by atomic mass is 16.5. The number of rotatable bonds is 5. The van der Waals surface area contributed by atoms with Gasteiger partial charge in [-0.05, 0) is 36.2 Å². The Balaban J connectivity index is 1.33. The molecule has 1 aromatic carbocycles. The Hall–Kier alpha value is -2.62. The predicted octanol–water partition coefficient (Wildman–Crippen LogP) is 2.81. The summed E-state index contributed by atoms with van der Waals surface area (Å²) in [5.74, 6) is 1.63. The van der Waals surface area contributed by atoms with Crippen LogP contribution in [0.4, 0.5) is 5.82 Å². The molecule has 6 nitrogen and oxygen atoms in total. The molecule has 2 saturated heterocycles. The summed E-state index contributed by atoms with van der Waals surface area (Å²) in [5, 5.41) is 12.4. The molecule has 0 aliphatic carbocycles. The number of nitrogens with one attached hydrogen (secondary N) is 1. The molecule has 140 valence electrons. The lowest BCUT2D eigenvalue weighted by Gasteiger charge is -2.23. The molecule has 27 heavy (non-hydrogen) atoms. The van der Waals surface area contributed by atoms with Gasteiger partial charge in [-0.25, -0.2) is 4.98 Å². The fourth-order valence-electron chi connectivity index (χ4n) is 4.06. The van der Waals surface area contributed by atoms with Crippen molar-refractivity contribution >= 4 is 5.82 Å². The fraction of sp³-hybridized carbons (Fsp3) is 0.429. The SMILES string of the molecule is COc1ccc(CN2CC[C@]3(C[C@H](Nc4cccc(C#N)n4)CO3)C2)cc1.